The van der Waals surface area contributed by atoms with E-state index in [0.717, 1.165) is 84.5 Å². The zero-order chi connectivity index (χ0) is 20.8. The number of rotatable bonds is 6. The third-order valence-electron chi connectivity index (χ3n) is 6.89. The van der Waals surface area contributed by atoms with Gasteiger partial charge < -0.3 is 19.9 Å². The van der Waals surface area contributed by atoms with E-state index in [4.69, 9.17) is 9.73 Å². The lowest BCUT2D eigenvalue weighted by Gasteiger charge is -2.36. The maximum atomic E-state index is 5.68. The summed E-state index contributed by atoms with van der Waals surface area (Å²) in [5, 5.41) is 3.51. The Bertz CT molecular complexity index is 714. The number of hydrogen-bond acceptors (Lipinski definition) is 4. The summed E-state index contributed by atoms with van der Waals surface area (Å²) in [5.41, 5.74) is 3.09. The Balaban J connectivity index is 0.00000272. The van der Waals surface area contributed by atoms with Crippen molar-refractivity contribution in [3.8, 4) is 0 Å². The summed E-state index contributed by atoms with van der Waals surface area (Å²) in [5.74, 6) is 1.10. The van der Waals surface area contributed by atoms with Gasteiger partial charge in [-0.2, -0.15) is 0 Å². The number of aryl methyl sites for hydroxylation is 1. The first-order valence-corrected chi connectivity index (χ1v) is 11.8. The van der Waals surface area contributed by atoms with Crippen molar-refractivity contribution < 1.29 is 4.74 Å². The first kappa shape index (κ1) is 24.6. The fraction of sp³-hybridized carbons (Fsp3) is 0.708. The molecule has 6 nitrogen and oxygen atoms in total. The molecule has 1 spiro atoms. The van der Waals surface area contributed by atoms with Crippen molar-refractivity contribution in [1.82, 2.24) is 15.1 Å². The molecule has 31 heavy (non-hydrogen) atoms. The zero-order valence-corrected chi connectivity index (χ0v) is 21.6. The van der Waals surface area contributed by atoms with Gasteiger partial charge in [-0.3, -0.25) is 9.89 Å². The Labute approximate surface area is 205 Å². The Morgan fingerprint density at radius 2 is 2.00 bits per heavy atom. The zero-order valence-electron chi connectivity index (χ0n) is 19.3. The van der Waals surface area contributed by atoms with E-state index in [1.54, 1.807) is 0 Å². The summed E-state index contributed by atoms with van der Waals surface area (Å²) in [7, 11) is 0. The molecule has 1 aromatic rings. The molecule has 0 amide bonds. The van der Waals surface area contributed by atoms with Gasteiger partial charge in [0.2, 0.25) is 0 Å². The van der Waals surface area contributed by atoms with Gasteiger partial charge >= 0.3 is 0 Å². The van der Waals surface area contributed by atoms with Crippen LogP contribution in [-0.4, -0.2) is 87.9 Å². The maximum absolute atomic E-state index is 5.68. The Hall–Kier alpha value is -1.06. The Morgan fingerprint density at radius 1 is 1.16 bits per heavy atom. The molecule has 1 atom stereocenters. The number of guanidine groups is 1. The average Bonchev–Trinajstić information content (AvgIpc) is 3.40. The van der Waals surface area contributed by atoms with Gasteiger partial charge in [0.05, 0.1) is 6.61 Å². The van der Waals surface area contributed by atoms with Crippen molar-refractivity contribution in [3.05, 3.63) is 29.8 Å². The van der Waals surface area contributed by atoms with Gasteiger partial charge in [-0.15, -0.1) is 24.0 Å². The molecule has 7 heteroatoms. The predicted octanol–water partition coefficient (Wildman–Crippen LogP) is 3.20. The molecule has 3 saturated heterocycles. The van der Waals surface area contributed by atoms with Crippen molar-refractivity contribution >= 4 is 35.6 Å². The van der Waals surface area contributed by atoms with Crippen LogP contribution in [0.3, 0.4) is 0 Å². The number of hydrogen-bond donors (Lipinski definition) is 1. The second-order valence-corrected chi connectivity index (χ2v) is 9.23. The highest BCUT2D eigenvalue weighted by Gasteiger charge is 2.42. The van der Waals surface area contributed by atoms with Crippen LogP contribution in [0.5, 0.6) is 0 Å². The van der Waals surface area contributed by atoms with Gasteiger partial charge in [-0.05, 0) is 50.8 Å². The molecular formula is C24H40IN5O. The lowest BCUT2D eigenvalue weighted by molar-refractivity contribution is 0.156. The number of piperazine rings is 1. The molecule has 3 fully saturated rings. The molecule has 0 bridgehead atoms. The standard InChI is InChI=1S/C24H39N5O.HI/c1-3-25-23(29-12-8-24(19-29)9-17-30-20-24)26-10-5-11-27-13-15-28(16-14-27)22-7-4-6-21(2)18-22;/h4,6-7,18H,3,5,8-17,19-20H2,1-2H3,(H,25,26);1H. The van der Waals surface area contributed by atoms with E-state index in [1.165, 1.54) is 24.1 Å². The van der Waals surface area contributed by atoms with Gasteiger partial charge in [0.25, 0.3) is 0 Å². The van der Waals surface area contributed by atoms with Crippen molar-refractivity contribution in [1.29, 1.82) is 0 Å². The smallest absolute Gasteiger partial charge is 0.193 e. The summed E-state index contributed by atoms with van der Waals surface area (Å²) < 4.78 is 5.68. The van der Waals surface area contributed by atoms with Gasteiger partial charge in [0, 0.05) is 76.6 Å². The van der Waals surface area contributed by atoms with E-state index in [-0.39, 0.29) is 24.0 Å². The number of ether oxygens (including phenoxy) is 1. The molecule has 1 aromatic carbocycles. The molecule has 4 rings (SSSR count). The molecule has 3 aliphatic heterocycles. The highest BCUT2D eigenvalue weighted by Crippen LogP contribution is 2.38. The molecule has 1 N–H and O–H groups in total. The van der Waals surface area contributed by atoms with Gasteiger partial charge in [0.1, 0.15) is 0 Å². The van der Waals surface area contributed by atoms with Crippen LogP contribution in [0.25, 0.3) is 0 Å². The van der Waals surface area contributed by atoms with E-state index < -0.39 is 0 Å². The number of benzene rings is 1. The summed E-state index contributed by atoms with van der Waals surface area (Å²) in [6.07, 6.45) is 3.57. The predicted molar refractivity (Wildman–Crippen MR) is 140 cm³/mol. The third-order valence-corrected chi connectivity index (χ3v) is 6.89. The average molecular weight is 542 g/mol. The second-order valence-electron chi connectivity index (χ2n) is 9.23. The minimum Gasteiger partial charge on any atom is -0.381 e. The van der Waals surface area contributed by atoms with Crippen LogP contribution in [0.4, 0.5) is 5.69 Å². The van der Waals surface area contributed by atoms with E-state index in [0.29, 0.717) is 5.41 Å². The number of anilines is 1. The lowest BCUT2D eigenvalue weighted by Crippen LogP contribution is -2.46. The monoisotopic (exact) mass is 541 g/mol. The Morgan fingerprint density at radius 3 is 2.71 bits per heavy atom. The fourth-order valence-corrected chi connectivity index (χ4v) is 5.05. The fourth-order valence-electron chi connectivity index (χ4n) is 5.05. The molecule has 3 heterocycles. The van der Waals surface area contributed by atoms with Gasteiger partial charge in [-0.1, -0.05) is 12.1 Å². The minimum atomic E-state index is 0. The van der Waals surface area contributed by atoms with Crippen molar-refractivity contribution in [3.63, 3.8) is 0 Å². The normalized spacial score (nSPS) is 24.6. The van der Waals surface area contributed by atoms with Crippen molar-refractivity contribution in [2.24, 2.45) is 10.4 Å². The molecule has 174 valence electrons. The highest BCUT2D eigenvalue weighted by atomic mass is 127. The second kappa shape index (κ2) is 11.7. The Kier molecular flexibility index (Phi) is 9.28. The molecule has 1 unspecified atom stereocenters. The summed E-state index contributed by atoms with van der Waals surface area (Å²) in [6.45, 7) is 15.9. The number of nitrogens with zero attached hydrogens (tertiary/aromatic N) is 4. The van der Waals surface area contributed by atoms with Crippen LogP contribution in [0, 0.1) is 12.3 Å². The van der Waals surface area contributed by atoms with Crippen LogP contribution in [0.2, 0.25) is 0 Å². The quantitative estimate of drug-likeness (QED) is 0.260. The van der Waals surface area contributed by atoms with E-state index >= 15 is 0 Å². The van der Waals surface area contributed by atoms with Crippen LogP contribution in [0.1, 0.15) is 31.7 Å². The highest BCUT2D eigenvalue weighted by molar-refractivity contribution is 14.0. The molecular weight excluding hydrogens is 501 g/mol. The first-order valence-electron chi connectivity index (χ1n) is 11.8. The SMILES string of the molecule is CCNC(=NCCCN1CCN(c2cccc(C)c2)CC1)N1CCC2(CCOC2)C1.I. The minimum absolute atomic E-state index is 0. The maximum Gasteiger partial charge on any atom is 0.193 e. The van der Waals surface area contributed by atoms with Gasteiger partial charge in [-0.25, -0.2) is 0 Å². The molecule has 0 aromatic heterocycles. The van der Waals surface area contributed by atoms with E-state index in [9.17, 15) is 0 Å². The van der Waals surface area contributed by atoms with Crippen LogP contribution in [-0.2, 0) is 4.74 Å². The molecule has 0 saturated carbocycles. The summed E-state index contributed by atoms with van der Waals surface area (Å²) in [4.78, 5) is 12.5. The molecule has 0 radical (unpaired) electrons. The number of likely N-dealkylation sites (tertiary alicyclic amines) is 1. The van der Waals surface area contributed by atoms with E-state index in [2.05, 4.69) is 58.1 Å². The van der Waals surface area contributed by atoms with Crippen molar-refractivity contribution in [2.75, 3.05) is 77.0 Å². The van der Waals surface area contributed by atoms with E-state index in [1.807, 2.05) is 0 Å². The third kappa shape index (κ3) is 6.48. The lowest BCUT2D eigenvalue weighted by atomic mass is 9.87. The molecule has 0 aliphatic carbocycles. The largest absolute Gasteiger partial charge is 0.381 e. The number of nitrogens with one attached hydrogen (secondary N) is 1. The number of halogens is 1. The van der Waals surface area contributed by atoms with Crippen LogP contribution < -0.4 is 10.2 Å². The topological polar surface area (TPSA) is 43.3 Å². The summed E-state index contributed by atoms with van der Waals surface area (Å²) >= 11 is 0. The summed E-state index contributed by atoms with van der Waals surface area (Å²) in [6, 6.07) is 8.87. The van der Waals surface area contributed by atoms with Crippen molar-refractivity contribution in [2.45, 2.75) is 33.1 Å². The first-order chi connectivity index (χ1) is 14.7. The van der Waals surface area contributed by atoms with Crippen LogP contribution >= 0.6 is 24.0 Å². The number of aliphatic imine (C=N–C) groups is 1. The molecule has 3 aliphatic rings. The van der Waals surface area contributed by atoms with Gasteiger partial charge in [0.15, 0.2) is 5.96 Å². The van der Waals surface area contributed by atoms with Crippen LogP contribution in [0.15, 0.2) is 29.3 Å².